The fraction of sp³-hybridized carbons (Fsp3) is 0.333. The Bertz CT molecular complexity index is 1520. The third-order valence-electron chi connectivity index (χ3n) is 5.81. The maximum absolute atomic E-state index is 12.8. The van der Waals surface area contributed by atoms with E-state index in [9.17, 15) is 40.2 Å². The van der Waals surface area contributed by atoms with Gasteiger partial charge in [-0.15, -0.1) is 0 Å². The monoisotopic (exact) mass is 478 g/mol. The van der Waals surface area contributed by atoms with Crippen molar-refractivity contribution in [3.63, 3.8) is 0 Å². The lowest BCUT2D eigenvalue weighted by Gasteiger charge is -2.39. The first kappa shape index (κ1) is 22.2. The van der Waals surface area contributed by atoms with E-state index in [2.05, 4.69) is 0 Å². The molecule has 13 heteroatoms. The quantitative estimate of drug-likeness (QED) is 0.155. The van der Waals surface area contributed by atoms with Crippen LogP contribution in [0.1, 0.15) is 0 Å². The summed E-state index contributed by atoms with van der Waals surface area (Å²) >= 11 is 0. The van der Waals surface area contributed by atoms with E-state index in [1.807, 2.05) is 0 Å². The predicted octanol–water partition coefficient (Wildman–Crippen LogP) is -0.911. The summed E-state index contributed by atoms with van der Waals surface area (Å²) in [5.74, 6) is -1.91. The summed E-state index contributed by atoms with van der Waals surface area (Å²) in [6.07, 6.45) is -8.19. The number of rotatable bonds is 4. The minimum absolute atomic E-state index is 0.0159. The topological polar surface area (TPSA) is 209 Å². The summed E-state index contributed by atoms with van der Waals surface area (Å²) in [7, 11) is 1.22. The molecule has 4 aromatic rings. The second-order valence-corrected chi connectivity index (χ2v) is 7.75. The molecule has 0 unspecified atom stereocenters. The van der Waals surface area contributed by atoms with Gasteiger partial charge < -0.3 is 53.7 Å². The number of benzene rings is 2. The van der Waals surface area contributed by atoms with Crippen LogP contribution >= 0.6 is 0 Å². The van der Waals surface area contributed by atoms with E-state index < -0.39 is 71.4 Å². The zero-order chi connectivity index (χ0) is 24.5. The Balaban J connectivity index is 1.75. The van der Waals surface area contributed by atoms with Gasteiger partial charge in [-0.2, -0.15) is 0 Å². The van der Waals surface area contributed by atoms with E-state index in [1.165, 1.54) is 7.11 Å². The van der Waals surface area contributed by atoms with Crippen molar-refractivity contribution in [1.82, 2.24) is 0 Å². The van der Waals surface area contributed by atoms with Gasteiger partial charge in [-0.05, 0) is 12.1 Å². The molecule has 0 saturated carbocycles. The highest BCUT2D eigenvalue weighted by atomic mass is 16.7. The van der Waals surface area contributed by atoms with Crippen LogP contribution in [0.5, 0.6) is 23.0 Å². The molecule has 1 aliphatic heterocycles. The van der Waals surface area contributed by atoms with E-state index in [1.54, 1.807) is 0 Å². The molecule has 0 aliphatic carbocycles. The Hall–Kier alpha value is -3.62. The summed E-state index contributed by atoms with van der Waals surface area (Å²) in [6.45, 7) is -0.718. The van der Waals surface area contributed by atoms with Crippen molar-refractivity contribution in [1.29, 1.82) is 0 Å². The molecule has 180 valence electrons. The fourth-order valence-electron chi connectivity index (χ4n) is 4.14. The molecule has 1 aliphatic rings. The first-order valence-electron chi connectivity index (χ1n) is 9.93. The Morgan fingerprint density at radius 3 is 2.18 bits per heavy atom. The molecular weight excluding hydrogens is 460 g/mol. The van der Waals surface area contributed by atoms with Crippen molar-refractivity contribution in [2.75, 3.05) is 13.7 Å². The number of aliphatic hydroxyl groups is 4. The highest BCUT2D eigenvalue weighted by Crippen LogP contribution is 2.45. The van der Waals surface area contributed by atoms with Gasteiger partial charge in [-0.1, -0.05) is 0 Å². The third kappa shape index (κ3) is 2.99. The molecule has 0 amide bonds. The number of aliphatic hydroxyl groups excluding tert-OH is 4. The van der Waals surface area contributed by atoms with Crippen molar-refractivity contribution in [3.05, 3.63) is 33.0 Å². The number of hydrogen-bond acceptors (Lipinski definition) is 13. The standard InChI is InChI=1S/C21H18O13/c1-30-16-7(23)2-5-11-10-6(20(29)34-18(11)16)3-8(13(25)17(10)33-19(5)28)31-21-15(27)14(26)12(24)9(4-22)32-21/h2-3,9,12,14-15,21-27H,4H2,1H3/t9-,12-,14+,15-,21-/m1/s1. The van der Waals surface area contributed by atoms with E-state index in [0.29, 0.717) is 0 Å². The van der Waals surface area contributed by atoms with Crippen LogP contribution in [-0.2, 0) is 4.74 Å². The molecule has 34 heavy (non-hydrogen) atoms. The lowest BCUT2D eigenvalue weighted by Crippen LogP contribution is -2.60. The van der Waals surface area contributed by atoms with Crippen LogP contribution in [0.25, 0.3) is 32.7 Å². The van der Waals surface area contributed by atoms with Crippen molar-refractivity contribution in [3.8, 4) is 23.0 Å². The lowest BCUT2D eigenvalue weighted by molar-refractivity contribution is -0.277. The Morgan fingerprint density at radius 1 is 0.912 bits per heavy atom. The summed E-state index contributed by atoms with van der Waals surface area (Å²) in [6, 6.07) is 2.12. The van der Waals surface area contributed by atoms with E-state index in [4.69, 9.17) is 23.0 Å². The summed E-state index contributed by atoms with van der Waals surface area (Å²) in [5, 5.41) is 60.1. The van der Waals surface area contributed by atoms with E-state index in [0.717, 1.165) is 12.1 Å². The van der Waals surface area contributed by atoms with Gasteiger partial charge in [0.25, 0.3) is 0 Å². The zero-order valence-electron chi connectivity index (χ0n) is 17.3. The molecule has 2 aromatic heterocycles. The average Bonchev–Trinajstić information content (AvgIpc) is 2.81. The second-order valence-electron chi connectivity index (χ2n) is 7.75. The van der Waals surface area contributed by atoms with Crippen molar-refractivity contribution in [2.24, 2.45) is 0 Å². The third-order valence-corrected chi connectivity index (χ3v) is 5.81. The molecule has 1 saturated heterocycles. The minimum Gasteiger partial charge on any atom is -0.504 e. The van der Waals surface area contributed by atoms with Crippen LogP contribution in [0, 0.1) is 0 Å². The minimum atomic E-state index is -1.81. The smallest absolute Gasteiger partial charge is 0.344 e. The second kappa shape index (κ2) is 7.72. The molecule has 6 N–H and O–H groups in total. The van der Waals surface area contributed by atoms with E-state index >= 15 is 0 Å². The van der Waals surface area contributed by atoms with E-state index in [-0.39, 0.29) is 32.9 Å². The van der Waals surface area contributed by atoms with Crippen molar-refractivity contribution >= 4 is 32.7 Å². The SMILES string of the molecule is COc1c(O)cc2c(=O)oc3c(O)c(O[C@@H]4O[C@H](CO)[C@@H](O)[C@H](O)[C@H]4O)cc4c(=O)oc1c2c34. The van der Waals surface area contributed by atoms with Crippen LogP contribution in [0.2, 0.25) is 0 Å². The van der Waals surface area contributed by atoms with Crippen LogP contribution in [0.15, 0.2) is 30.6 Å². The molecule has 2 aromatic carbocycles. The highest BCUT2D eigenvalue weighted by molar-refractivity contribution is 6.22. The molecule has 1 fully saturated rings. The molecule has 0 spiro atoms. The van der Waals surface area contributed by atoms with Gasteiger partial charge in [-0.25, -0.2) is 9.59 Å². The molecule has 3 heterocycles. The molecule has 5 rings (SSSR count). The summed E-state index contributed by atoms with van der Waals surface area (Å²) < 4.78 is 26.3. The van der Waals surface area contributed by atoms with Gasteiger partial charge in [0, 0.05) is 10.8 Å². The first-order chi connectivity index (χ1) is 16.2. The van der Waals surface area contributed by atoms with Gasteiger partial charge in [-0.3, -0.25) is 0 Å². The van der Waals surface area contributed by atoms with Crippen LogP contribution in [0.3, 0.4) is 0 Å². The molecule has 5 atom stereocenters. The van der Waals surface area contributed by atoms with Crippen LogP contribution < -0.4 is 20.7 Å². The number of phenols is 2. The van der Waals surface area contributed by atoms with Crippen LogP contribution in [-0.4, -0.2) is 75.1 Å². The maximum atomic E-state index is 12.8. The lowest BCUT2D eigenvalue weighted by atomic mass is 9.99. The fourth-order valence-corrected chi connectivity index (χ4v) is 4.14. The van der Waals surface area contributed by atoms with Gasteiger partial charge >= 0.3 is 11.3 Å². The van der Waals surface area contributed by atoms with Crippen molar-refractivity contribution in [2.45, 2.75) is 30.7 Å². The molecule has 0 bridgehead atoms. The zero-order valence-corrected chi connectivity index (χ0v) is 17.3. The number of ether oxygens (including phenoxy) is 3. The van der Waals surface area contributed by atoms with Gasteiger partial charge in [0.2, 0.25) is 17.8 Å². The number of aromatic hydroxyl groups is 2. The largest absolute Gasteiger partial charge is 0.504 e. The van der Waals surface area contributed by atoms with Crippen molar-refractivity contribution < 1.29 is 53.7 Å². The number of methoxy groups -OCH3 is 1. The Morgan fingerprint density at radius 2 is 1.53 bits per heavy atom. The van der Waals surface area contributed by atoms with Gasteiger partial charge in [0.05, 0.1) is 24.5 Å². The Kier molecular flexibility index (Phi) is 5.03. The molecular formula is C21H18O13. The molecule has 13 nitrogen and oxygen atoms in total. The number of phenolic OH excluding ortho intramolecular Hbond substituents is 2. The maximum Gasteiger partial charge on any atom is 0.344 e. The van der Waals surface area contributed by atoms with Gasteiger partial charge in [0.1, 0.15) is 24.4 Å². The first-order valence-corrected chi connectivity index (χ1v) is 9.93. The highest BCUT2D eigenvalue weighted by Gasteiger charge is 2.45. The summed E-state index contributed by atoms with van der Waals surface area (Å²) in [4.78, 5) is 25.4. The van der Waals surface area contributed by atoms with Crippen LogP contribution in [0.4, 0.5) is 0 Å². The number of hydrogen-bond donors (Lipinski definition) is 6. The van der Waals surface area contributed by atoms with Gasteiger partial charge in [0.15, 0.2) is 22.7 Å². The predicted molar refractivity (Wildman–Crippen MR) is 111 cm³/mol. The molecule has 0 radical (unpaired) electrons. The average molecular weight is 478 g/mol. The normalized spacial score (nSPS) is 25.4. The summed E-state index contributed by atoms with van der Waals surface area (Å²) in [5.41, 5.74) is -2.64. The Labute approximate surface area is 187 Å².